The standard InChI is InChI=1S/C12H17N5OS/c1-8-6-10(4-5-11(8)13)12-14-15-16-17(12)9(2)7-19(3)18/h4-6,9H,7,13H2,1-3H3. The van der Waals surface area contributed by atoms with Crippen LogP contribution in [0.15, 0.2) is 18.2 Å². The summed E-state index contributed by atoms with van der Waals surface area (Å²) in [5, 5.41) is 11.7. The molecule has 19 heavy (non-hydrogen) atoms. The Hall–Kier alpha value is -1.76. The Morgan fingerprint density at radius 3 is 2.84 bits per heavy atom. The van der Waals surface area contributed by atoms with Gasteiger partial charge in [0.25, 0.3) is 0 Å². The van der Waals surface area contributed by atoms with Gasteiger partial charge in [-0.15, -0.1) is 5.10 Å². The van der Waals surface area contributed by atoms with Crippen LogP contribution >= 0.6 is 0 Å². The van der Waals surface area contributed by atoms with Crippen molar-refractivity contribution in [1.82, 2.24) is 20.2 Å². The van der Waals surface area contributed by atoms with Crippen LogP contribution < -0.4 is 5.73 Å². The van der Waals surface area contributed by atoms with Gasteiger partial charge in [-0.25, -0.2) is 4.68 Å². The minimum Gasteiger partial charge on any atom is -0.399 e. The largest absolute Gasteiger partial charge is 0.399 e. The maximum Gasteiger partial charge on any atom is 0.182 e. The second-order valence-corrected chi connectivity index (χ2v) is 6.09. The molecule has 0 saturated carbocycles. The Morgan fingerprint density at radius 1 is 1.47 bits per heavy atom. The maximum atomic E-state index is 11.3. The van der Waals surface area contributed by atoms with E-state index in [2.05, 4.69) is 15.5 Å². The number of nitrogens with zero attached hydrogens (tertiary/aromatic N) is 4. The smallest absolute Gasteiger partial charge is 0.182 e. The van der Waals surface area contributed by atoms with E-state index in [4.69, 9.17) is 5.73 Å². The van der Waals surface area contributed by atoms with Crippen molar-refractivity contribution >= 4 is 16.5 Å². The quantitative estimate of drug-likeness (QED) is 0.849. The lowest BCUT2D eigenvalue weighted by atomic mass is 10.1. The summed E-state index contributed by atoms with van der Waals surface area (Å²) in [7, 11) is -0.889. The van der Waals surface area contributed by atoms with Gasteiger partial charge in [-0.05, 0) is 48.0 Å². The Morgan fingerprint density at radius 2 is 2.21 bits per heavy atom. The van der Waals surface area contributed by atoms with E-state index in [9.17, 15) is 4.21 Å². The van der Waals surface area contributed by atoms with Crippen LogP contribution in [0, 0.1) is 6.92 Å². The second kappa shape index (κ2) is 5.48. The van der Waals surface area contributed by atoms with E-state index in [0.29, 0.717) is 11.6 Å². The molecule has 0 radical (unpaired) electrons. The Kier molecular flexibility index (Phi) is 3.94. The minimum atomic E-state index is -0.889. The molecular weight excluding hydrogens is 262 g/mol. The van der Waals surface area contributed by atoms with Crippen LogP contribution in [0.4, 0.5) is 5.69 Å². The molecule has 102 valence electrons. The summed E-state index contributed by atoms with van der Waals surface area (Å²) in [5.41, 5.74) is 8.44. The molecule has 0 amide bonds. The van der Waals surface area contributed by atoms with Gasteiger partial charge in [-0.3, -0.25) is 4.21 Å². The zero-order chi connectivity index (χ0) is 14.0. The third-order valence-corrected chi connectivity index (χ3v) is 3.87. The van der Waals surface area contributed by atoms with Crippen molar-refractivity contribution in [1.29, 1.82) is 0 Å². The SMILES string of the molecule is Cc1cc(-c2nnnn2C(C)CS(C)=O)ccc1N. The zero-order valence-corrected chi connectivity index (χ0v) is 12.0. The van der Waals surface area contributed by atoms with Gasteiger partial charge in [0.2, 0.25) is 0 Å². The first-order chi connectivity index (χ1) is 8.99. The average molecular weight is 279 g/mol. The third-order valence-electron chi connectivity index (χ3n) is 2.91. The normalized spacial score (nSPS) is 14.3. The summed E-state index contributed by atoms with van der Waals surface area (Å²) in [6.45, 7) is 3.89. The van der Waals surface area contributed by atoms with Crippen molar-refractivity contribution in [3.63, 3.8) is 0 Å². The first kappa shape index (κ1) is 13.7. The van der Waals surface area contributed by atoms with Gasteiger partial charge in [0.05, 0.1) is 6.04 Å². The molecular formula is C12H17N5OS. The number of aryl methyl sites for hydroxylation is 1. The molecule has 2 N–H and O–H groups in total. The van der Waals surface area contributed by atoms with Gasteiger partial charge in [0.15, 0.2) is 5.82 Å². The first-order valence-electron chi connectivity index (χ1n) is 5.93. The molecule has 1 aromatic carbocycles. The highest BCUT2D eigenvalue weighted by Crippen LogP contribution is 2.23. The lowest BCUT2D eigenvalue weighted by Gasteiger charge is -2.12. The zero-order valence-electron chi connectivity index (χ0n) is 11.2. The van der Waals surface area contributed by atoms with Gasteiger partial charge < -0.3 is 5.73 Å². The number of anilines is 1. The number of nitrogen functional groups attached to an aromatic ring is 1. The average Bonchev–Trinajstić information content (AvgIpc) is 2.81. The molecule has 2 unspecified atom stereocenters. The molecule has 0 aliphatic rings. The van der Waals surface area contributed by atoms with Crippen molar-refractivity contribution in [2.75, 3.05) is 17.7 Å². The van der Waals surface area contributed by atoms with Crippen molar-refractivity contribution in [3.05, 3.63) is 23.8 Å². The summed E-state index contributed by atoms with van der Waals surface area (Å²) >= 11 is 0. The summed E-state index contributed by atoms with van der Waals surface area (Å²) in [4.78, 5) is 0. The van der Waals surface area contributed by atoms with E-state index in [0.717, 1.165) is 16.8 Å². The Labute approximate surface area is 114 Å². The fourth-order valence-corrected chi connectivity index (χ4v) is 2.73. The second-order valence-electron chi connectivity index (χ2n) is 4.61. The van der Waals surface area contributed by atoms with E-state index in [1.807, 2.05) is 32.0 Å². The van der Waals surface area contributed by atoms with Crippen LogP contribution in [-0.4, -0.2) is 36.4 Å². The lowest BCUT2D eigenvalue weighted by molar-refractivity contribution is 0.521. The molecule has 6 nitrogen and oxygen atoms in total. The van der Waals surface area contributed by atoms with E-state index < -0.39 is 10.8 Å². The minimum absolute atomic E-state index is 0.0197. The summed E-state index contributed by atoms with van der Waals surface area (Å²) in [6.07, 6.45) is 1.67. The van der Waals surface area contributed by atoms with Gasteiger partial charge in [0, 0.05) is 34.1 Å². The van der Waals surface area contributed by atoms with Crippen molar-refractivity contribution < 1.29 is 4.21 Å². The van der Waals surface area contributed by atoms with Crippen LogP contribution in [0.5, 0.6) is 0 Å². The van der Waals surface area contributed by atoms with Crippen LogP contribution in [0.25, 0.3) is 11.4 Å². The molecule has 2 atom stereocenters. The molecule has 0 aliphatic carbocycles. The maximum absolute atomic E-state index is 11.3. The number of benzene rings is 1. The third kappa shape index (κ3) is 2.98. The van der Waals surface area contributed by atoms with Crippen LogP contribution in [0.2, 0.25) is 0 Å². The highest BCUT2D eigenvalue weighted by molar-refractivity contribution is 7.84. The lowest BCUT2D eigenvalue weighted by Crippen LogP contribution is -2.15. The van der Waals surface area contributed by atoms with Gasteiger partial charge in [-0.2, -0.15) is 0 Å². The molecule has 7 heteroatoms. The van der Waals surface area contributed by atoms with E-state index in [1.54, 1.807) is 10.9 Å². The van der Waals surface area contributed by atoms with Gasteiger partial charge in [0.1, 0.15) is 0 Å². The summed E-state index contributed by atoms with van der Waals surface area (Å²) in [5.74, 6) is 1.19. The number of hydrogen-bond acceptors (Lipinski definition) is 5. The molecule has 2 rings (SSSR count). The fraction of sp³-hybridized carbons (Fsp3) is 0.417. The van der Waals surface area contributed by atoms with E-state index in [-0.39, 0.29) is 6.04 Å². The van der Waals surface area contributed by atoms with Gasteiger partial charge >= 0.3 is 0 Å². The van der Waals surface area contributed by atoms with E-state index in [1.165, 1.54) is 0 Å². The van der Waals surface area contributed by atoms with Crippen molar-refractivity contribution in [3.8, 4) is 11.4 Å². The van der Waals surface area contributed by atoms with Gasteiger partial charge in [-0.1, -0.05) is 0 Å². The fourth-order valence-electron chi connectivity index (χ4n) is 1.91. The predicted molar refractivity (Wildman–Crippen MR) is 76.0 cm³/mol. The molecule has 1 aromatic heterocycles. The molecule has 2 aromatic rings. The van der Waals surface area contributed by atoms with Crippen LogP contribution in [0.1, 0.15) is 18.5 Å². The molecule has 0 spiro atoms. The summed E-state index contributed by atoms with van der Waals surface area (Å²) in [6, 6.07) is 5.66. The number of hydrogen-bond donors (Lipinski definition) is 1. The van der Waals surface area contributed by atoms with Crippen molar-refractivity contribution in [2.24, 2.45) is 0 Å². The molecule has 1 heterocycles. The molecule has 0 saturated heterocycles. The van der Waals surface area contributed by atoms with Crippen molar-refractivity contribution in [2.45, 2.75) is 19.9 Å². The highest BCUT2D eigenvalue weighted by Gasteiger charge is 2.16. The topological polar surface area (TPSA) is 86.7 Å². The van der Waals surface area contributed by atoms with Crippen LogP contribution in [0.3, 0.4) is 0 Å². The Balaban J connectivity index is 2.38. The van der Waals surface area contributed by atoms with Crippen LogP contribution in [-0.2, 0) is 10.8 Å². The number of tetrazole rings is 1. The predicted octanol–water partition coefficient (Wildman–Crippen LogP) is 1.17. The summed E-state index contributed by atoms with van der Waals surface area (Å²) < 4.78 is 13.0. The molecule has 0 bridgehead atoms. The number of nitrogens with two attached hydrogens (primary N) is 1. The van der Waals surface area contributed by atoms with E-state index >= 15 is 0 Å². The number of aromatic nitrogens is 4. The molecule has 0 fully saturated rings. The highest BCUT2D eigenvalue weighted by atomic mass is 32.2. The first-order valence-corrected chi connectivity index (χ1v) is 7.66. The molecule has 0 aliphatic heterocycles. The Bertz CT molecular complexity index is 610. The monoisotopic (exact) mass is 279 g/mol. The number of rotatable bonds is 4.